The zero-order chi connectivity index (χ0) is 10.2. The zero-order valence-corrected chi connectivity index (χ0v) is 9.60. The van der Waals surface area contributed by atoms with Gasteiger partial charge in [0.25, 0.3) is 0 Å². The summed E-state index contributed by atoms with van der Waals surface area (Å²) in [6.45, 7) is 7.25. The second kappa shape index (κ2) is 6.86. The standard InChI is InChI=1S/C9H18N4S/c1-8(2)11-5-3-4-10-6-9-7-12-14-13-9/h7-8,10-11H,3-6H2,1-2H3. The highest BCUT2D eigenvalue weighted by Crippen LogP contribution is 1.93. The third-order valence-corrected chi connectivity index (χ3v) is 2.31. The van der Waals surface area contributed by atoms with Crippen LogP contribution in [0.15, 0.2) is 6.20 Å². The molecule has 0 saturated heterocycles. The van der Waals surface area contributed by atoms with Gasteiger partial charge in [-0.05, 0) is 19.5 Å². The molecule has 0 aromatic carbocycles. The van der Waals surface area contributed by atoms with E-state index in [9.17, 15) is 0 Å². The van der Waals surface area contributed by atoms with Crippen molar-refractivity contribution in [3.8, 4) is 0 Å². The summed E-state index contributed by atoms with van der Waals surface area (Å²) in [7, 11) is 0. The lowest BCUT2D eigenvalue weighted by Crippen LogP contribution is -2.26. The molecule has 0 unspecified atom stereocenters. The maximum Gasteiger partial charge on any atom is 0.0880 e. The van der Waals surface area contributed by atoms with Gasteiger partial charge in [-0.1, -0.05) is 13.8 Å². The lowest BCUT2D eigenvalue weighted by atomic mass is 10.3. The van der Waals surface area contributed by atoms with Crippen molar-refractivity contribution in [2.75, 3.05) is 13.1 Å². The molecule has 1 aromatic rings. The smallest absolute Gasteiger partial charge is 0.0880 e. The molecule has 0 aliphatic heterocycles. The molecule has 0 saturated carbocycles. The molecule has 0 radical (unpaired) electrons. The lowest BCUT2D eigenvalue weighted by molar-refractivity contribution is 0.546. The van der Waals surface area contributed by atoms with Gasteiger partial charge >= 0.3 is 0 Å². The lowest BCUT2D eigenvalue weighted by Gasteiger charge is -2.07. The molecule has 0 aliphatic carbocycles. The Morgan fingerprint density at radius 2 is 2.29 bits per heavy atom. The molecular formula is C9H18N4S. The molecule has 4 nitrogen and oxygen atoms in total. The SMILES string of the molecule is CC(C)NCCCNCc1cnsn1. The van der Waals surface area contributed by atoms with Gasteiger partial charge in [-0.2, -0.15) is 8.75 Å². The normalized spacial score (nSPS) is 11.1. The molecule has 1 aromatic heterocycles. The Labute approximate surface area is 89.4 Å². The molecule has 80 valence electrons. The van der Waals surface area contributed by atoms with E-state index in [2.05, 4.69) is 33.2 Å². The highest BCUT2D eigenvalue weighted by atomic mass is 32.1. The van der Waals surface area contributed by atoms with Crippen molar-refractivity contribution in [2.24, 2.45) is 0 Å². The Hall–Kier alpha value is -0.520. The molecule has 14 heavy (non-hydrogen) atoms. The first-order valence-electron chi connectivity index (χ1n) is 4.99. The van der Waals surface area contributed by atoms with Crippen molar-refractivity contribution in [2.45, 2.75) is 32.9 Å². The van der Waals surface area contributed by atoms with E-state index in [-0.39, 0.29) is 0 Å². The van der Waals surface area contributed by atoms with Crippen molar-refractivity contribution >= 4 is 11.7 Å². The van der Waals surface area contributed by atoms with E-state index in [0.717, 1.165) is 31.7 Å². The summed E-state index contributed by atoms with van der Waals surface area (Å²) in [6, 6.07) is 0.581. The fourth-order valence-electron chi connectivity index (χ4n) is 1.08. The fourth-order valence-corrected chi connectivity index (χ4v) is 1.52. The van der Waals surface area contributed by atoms with E-state index in [1.165, 1.54) is 11.7 Å². The average molecular weight is 214 g/mol. The monoisotopic (exact) mass is 214 g/mol. The Balaban J connectivity index is 1.90. The summed E-state index contributed by atoms with van der Waals surface area (Å²) < 4.78 is 8.05. The molecule has 0 amide bonds. The van der Waals surface area contributed by atoms with Crippen molar-refractivity contribution in [3.63, 3.8) is 0 Å². The molecule has 0 aliphatic rings. The minimum atomic E-state index is 0.581. The fraction of sp³-hybridized carbons (Fsp3) is 0.778. The van der Waals surface area contributed by atoms with Crippen LogP contribution in [0, 0.1) is 0 Å². The highest BCUT2D eigenvalue weighted by Gasteiger charge is 1.95. The van der Waals surface area contributed by atoms with Crippen LogP contribution in [-0.2, 0) is 6.54 Å². The summed E-state index contributed by atoms with van der Waals surface area (Å²) in [5.74, 6) is 0. The predicted molar refractivity (Wildman–Crippen MR) is 59.4 cm³/mol. The maximum atomic E-state index is 4.11. The van der Waals surface area contributed by atoms with Gasteiger partial charge < -0.3 is 10.6 Å². The molecule has 2 N–H and O–H groups in total. The van der Waals surface area contributed by atoms with Gasteiger partial charge in [0.15, 0.2) is 0 Å². The van der Waals surface area contributed by atoms with E-state index in [4.69, 9.17) is 0 Å². The third kappa shape index (κ3) is 5.26. The molecular weight excluding hydrogens is 196 g/mol. The van der Waals surface area contributed by atoms with Gasteiger partial charge in [0, 0.05) is 12.6 Å². The summed E-state index contributed by atoms with van der Waals surface area (Å²) in [5.41, 5.74) is 1.03. The molecule has 0 fully saturated rings. The Morgan fingerprint density at radius 3 is 2.93 bits per heavy atom. The molecule has 0 bridgehead atoms. The first-order chi connectivity index (χ1) is 6.79. The maximum absolute atomic E-state index is 4.11. The number of hydrogen-bond donors (Lipinski definition) is 2. The van der Waals surface area contributed by atoms with Gasteiger partial charge in [-0.15, -0.1) is 0 Å². The largest absolute Gasteiger partial charge is 0.314 e. The van der Waals surface area contributed by atoms with E-state index < -0.39 is 0 Å². The number of hydrogen-bond acceptors (Lipinski definition) is 5. The molecule has 1 rings (SSSR count). The van der Waals surface area contributed by atoms with E-state index in [0.29, 0.717) is 6.04 Å². The second-order valence-corrected chi connectivity index (χ2v) is 4.09. The van der Waals surface area contributed by atoms with Gasteiger partial charge in [-0.25, -0.2) is 0 Å². The molecule has 0 atom stereocenters. The summed E-state index contributed by atoms with van der Waals surface area (Å²) in [5, 5.41) is 6.70. The van der Waals surface area contributed by atoms with Gasteiger partial charge in [0.1, 0.15) is 0 Å². The zero-order valence-electron chi connectivity index (χ0n) is 8.79. The van der Waals surface area contributed by atoms with Crippen LogP contribution in [0.4, 0.5) is 0 Å². The van der Waals surface area contributed by atoms with Crippen molar-refractivity contribution < 1.29 is 0 Å². The highest BCUT2D eigenvalue weighted by molar-refractivity contribution is 6.99. The Morgan fingerprint density at radius 1 is 1.43 bits per heavy atom. The van der Waals surface area contributed by atoms with Crippen LogP contribution < -0.4 is 10.6 Å². The van der Waals surface area contributed by atoms with Crippen LogP contribution in [-0.4, -0.2) is 27.9 Å². The van der Waals surface area contributed by atoms with Crippen LogP contribution in [0.2, 0.25) is 0 Å². The average Bonchev–Trinajstić information content (AvgIpc) is 2.63. The number of rotatable bonds is 7. The van der Waals surface area contributed by atoms with Crippen molar-refractivity contribution in [1.29, 1.82) is 0 Å². The van der Waals surface area contributed by atoms with Crippen LogP contribution in [0.1, 0.15) is 26.0 Å². The van der Waals surface area contributed by atoms with Crippen LogP contribution in [0.25, 0.3) is 0 Å². The minimum absolute atomic E-state index is 0.581. The number of aromatic nitrogens is 2. The van der Waals surface area contributed by atoms with Crippen LogP contribution in [0.3, 0.4) is 0 Å². The van der Waals surface area contributed by atoms with Crippen molar-refractivity contribution in [3.05, 3.63) is 11.9 Å². The summed E-state index contributed by atoms with van der Waals surface area (Å²) in [4.78, 5) is 0. The van der Waals surface area contributed by atoms with E-state index >= 15 is 0 Å². The van der Waals surface area contributed by atoms with Crippen LogP contribution >= 0.6 is 11.7 Å². The van der Waals surface area contributed by atoms with Gasteiger partial charge in [0.2, 0.25) is 0 Å². The second-order valence-electron chi connectivity index (χ2n) is 3.54. The van der Waals surface area contributed by atoms with E-state index in [1.54, 1.807) is 0 Å². The number of nitrogens with zero attached hydrogens (tertiary/aromatic N) is 2. The summed E-state index contributed by atoms with van der Waals surface area (Å²) in [6.07, 6.45) is 2.96. The predicted octanol–water partition coefficient (Wildman–Crippen LogP) is 1.02. The minimum Gasteiger partial charge on any atom is -0.314 e. The molecule has 1 heterocycles. The first-order valence-corrected chi connectivity index (χ1v) is 5.72. The molecule has 0 spiro atoms. The van der Waals surface area contributed by atoms with Gasteiger partial charge in [-0.3, -0.25) is 0 Å². The first kappa shape index (κ1) is 11.6. The Kier molecular flexibility index (Phi) is 5.66. The topological polar surface area (TPSA) is 49.8 Å². The van der Waals surface area contributed by atoms with E-state index in [1.807, 2.05) is 6.20 Å². The Bertz CT molecular complexity index is 223. The van der Waals surface area contributed by atoms with Crippen LogP contribution in [0.5, 0.6) is 0 Å². The quantitative estimate of drug-likeness (QED) is 0.665. The summed E-state index contributed by atoms with van der Waals surface area (Å²) >= 11 is 1.26. The molecule has 5 heteroatoms. The van der Waals surface area contributed by atoms with Crippen molar-refractivity contribution in [1.82, 2.24) is 19.4 Å². The van der Waals surface area contributed by atoms with Gasteiger partial charge in [0.05, 0.1) is 23.6 Å². The number of nitrogens with one attached hydrogen (secondary N) is 2. The third-order valence-electron chi connectivity index (χ3n) is 1.80.